The Hall–Kier alpha value is -0.760. The van der Waals surface area contributed by atoms with E-state index in [2.05, 4.69) is 20.8 Å². The molecule has 0 atom stereocenters. The van der Waals surface area contributed by atoms with Crippen molar-refractivity contribution < 1.29 is 9.13 Å². The molecule has 2 fully saturated rings. The Morgan fingerprint density at radius 2 is 1.56 bits per heavy atom. The molecule has 1 aromatic rings. The second-order valence-corrected chi connectivity index (χ2v) is 10.8. The smallest absolute Gasteiger partial charge is 0.149 e. The molecule has 0 amide bonds. The zero-order valence-corrected chi connectivity index (χ0v) is 21.5. The third-order valence-corrected chi connectivity index (χ3v) is 8.60. The minimum atomic E-state index is -0.253. The second kappa shape index (κ2) is 13.2. The molecule has 181 valence electrons. The van der Waals surface area contributed by atoms with Crippen molar-refractivity contribution >= 4 is 11.6 Å². The van der Waals surface area contributed by atoms with Gasteiger partial charge in [0.2, 0.25) is 0 Å². The van der Waals surface area contributed by atoms with Gasteiger partial charge in [0.05, 0.1) is 0 Å². The summed E-state index contributed by atoms with van der Waals surface area (Å²) in [6, 6.07) is 3.84. The molecule has 0 heterocycles. The second-order valence-electron chi connectivity index (χ2n) is 10.4. The lowest BCUT2D eigenvalue weighted by molar-refractivity contribution is 0.156. The first kappa shape index (κ1) is 25.9. The molecular formula is C29H45ClFO. The van der Waals surface area contributed by atoms with Crippen molar-refractivity contribution in [2.45, 2.75) is 123 Å². The minimum Gasteiger partial charge on any atom is -0.481 e. The van der Waals surface area contributed by atoms with Crippen molar-refractivity contribution in [1.29, 1.82) is 0 Å². The summed E-state index contributed by atoms with van der Waals surface area (Å²) in [7, 11) is 0. The third-order valence-electron chi connectivity index (χ3n) is 8.25. The molecule has 0 bridgehead atoms. The summed E-state index contributed by atoms with van der Waals surface area (Å²) in [6.07, 6.45) is 19.4. The molecule has 3 heteroatoms. The molecule has 0 N–H and O–H groups in total. The Bertz CT molecular complexity index is 674. The molecule has 1 radical (unpaired) electrons. The minimum absolute atomic E-state index is 0.167. The summed E-state index contributed by atoms with van der Waals surface area (Å²) in [5, 5.41) is 0.167. The van der Waals surface area contributed by atoms with Crippen molar-refractivity contribution in [3.05, 3.63) is 34.6 Å². The number of ether oxygens (including phenoxy) is 1. The number of unbranched alkanes of at least 4 members (excludes halogenated alkanes) is 2. The van der Waals surface area contributed by atoms with E-state index in [1.807, 2.05) is 12.1 Å². The summed E-state index contributed by atoms with van der Waals surface area (Å²) < 4.78 is 21.3. The molecule has 2 saturated carbocycles. The van der Waals surface area contributed by atoms with Crippen molar-refractivity contribution in [1.82, 2.24) is 0 Å². The molecule has 2 aliphatic carbocycles. The molecule has 0 spiro atoms. The van der Waals surface area contributed by atoms with Gasteiger partial charge < -0.3 is 4.74 Å². The fourth-order valence-electron chi connectivity index (χ4n) is 6.23. The summed E-state index contributed by atoms with van der Waals surface area (Å²) in [6.45, 7) is 6.60. The third kappa shape index (κ3) is 6.87. The number of hydrogen-bond acceptors (Lipinski definition) is 1. The first-order valence-corrected chi connectivity index (χ1v) is 13.9. The first-order chi connectivity index (χ1) is 15.6. The molecule has 0 aromatic heterocycles. The average molecular weight is 464 g/mol. The maximum atomic E-state index is 15.3. The van der Waals surface area contributed by atoms with Gasteiger partial charge in [-0.15, -0.1) is 0 Å². The maximum Gasteiger partial charge on any atom is 0.149 e. The fourth-order valence-corrected chi connectivity index (χ4v) is 6.44. The Balaban J connectivity index is 1.53. The molecule has 1 nitrogen and oxygen atoms in total. The van der Waals surface area contributed by atoms with E-state index in [4.69, 9.17) is 16.3 Å². The Morgan fingerprint density at radius 3 is 2.16 bits per heavy atom. The normalized spacial score (nSPS) is 26.4. The average Bonchev–Trinajstić information content (AvgIpc) is 2.82. The van der Waals surface area contributed by atoms with E-state index < -0.39 is 0 Å². The predicted molar refractivity (Wildman–Crippen MR) is 135 cm³/mol. The Morgan fingerprint density at radius 1 is 0.906 bits per heavy atom. The number of hydrogen-bond donors (Lipinski definition) is 0. The van der Waals surface area contributed by atoms with Gasteiger partial charge in [-0.25, -0.2) is 4.39 Å². The molecule has 2 aliphatic rings. The number of halogens is 2. The monoisotopic (exact) mass is 463 g/mol. The van der Waals surface area contributed by atoms with Crippen LogP contribution in [0.5, 0.6) is 5.75 Å². The Labute approximate surface area is 201 Å². The standard InChI is InChI=1S/C29H45ClFO/c1-4-7-8-10-25(6-3)32-27-20-19-26(29(31)28(27)30)24-17-15-23(16-18-24)22-13-11-21(9-5-2)12-14-22/h19-24H,4-18H2,1-3H3. The number of benzene rings is 1. The van der Waals surface area contributed by atoms with Gasteiger partial charge in [0.25, 0.3) is 0 Å². The van der Waals surface area contributed by atoms with Crippen LogP contribution >= 0.6 is 11.6 Å². The Kier molecular flexibility index (Phi) is 10.7. The summed E-state index contributed by atoms with van der Waals surface area (Å²) in [5.74, 6) is 3.26. The van der Waals surface area contributed by atoms with Crippen LogP contribution in [-0.4, -0.2) is 0 Å². The van der Waals surface area contributed by atoms with E-state index in [1.54, 1.807) is 0 Å². The predicted octanol–water partition coefficient (Wildman–Crippen LogP) is 10.3. The molecule has 32 heavy (non-hydrogen) atoms. The highest BCUT2D eigenvalue weighted by Gasteiger charge is 2.32. The summed E-state index contributed by atoms with van der Waals surface area (Å²) >= 11 is 6.46. The summed E-state index contributed by atoms with van der Waals surface area (Å²) in [5.41, 5.74) is 0.802. The molecule has 1 aromatic carbocycles. The van der Waals surface area contributed by atoms with Gasteiger partial charge in [0.1, 0.15) is 22.7 Å². The van der Waals surface area contributed by atoms with Crippen LogP contribution in [0, 0.1) is 29.7 Å². The SMILES string of the molecule is CCCCC[C](CC)Oc1ccc(C2CCC(C3CCC(CCC)CC3)CC2)c(F)c1Cl. The van der Waals surface area contributed by atoms with Gasteiger partial charge in [0, 0.05) is 0 Å². The van der Waals surface area contributed by atoms with Crippen molar-refractivity contribution in [3.63, 3.8) is 0 Å². The van der Waals surface area contributed by atoms with E-state index in [1.165, 1.54) is 64.2 Å². The van der Waals surface area contributed by atoms with E-state index >= 15 is 4.39 Å². The quantitative estimate of drug-likeness (QED) is 0.296. The van der Waals surface area contributed by atoms with E-state index in [-0.39, 0.29) is 10.8 Å². The maximum absolute atomic E-state index is 15.3. The first-order valence-electron chi connectivity index (χ1n) is 13.6. The summed E-state index contributed by atoms with van der Waals surface area (Å²) in [4.78, 5) is 0. The van der Waals surface area contributed by atoms with Gasteiger partial charge >= 0.3 is 0 Å². The van der Waals surface area contributed by atoms with Gasteiger partial charge in [-0.2, -0.15) is 0 Å². The molecule has 0 saturated heterocycles. The van der Waals surface area contributed by atoms with Crippen LogP contribution in [0.2, 0.25) is 5.02 Å². The van der Waals surface area contributed by atoms with Crippen LogP contribution < -0.4 is 4.74 Å². The van der Waals surface area contributed by atoms with Crippen LogP contribution in [0.25, 0.3) is 0 Å². The highest BCUT2D eigenvalue weighted by atomic mass is 35.5. The highest BCUT2D eigenvalue weighted by molar-refractivity contribution is 6.32. The molecule has 3 rings (SSSR count). The van der Waals surface area contributed by atoms with Crippen molar-refractivity contribution in [3.8, 4) is 5.75 Å². The van der Waals surface area contributed by atoms with Crippen LogP contribution in [0.3, 0.4) is 0 Å². The lowest BCUT2D eigenvalue weighted by Crippen LogP contribution is -2.25. The van der Waals surface area contributed by atoms with E-state index in [0.29, 0.717) is 11.7 Å². The zero-order valence-electron chi connectivity index (χ0n) is 20.7. The van der Waals surface area contributed by atoms with Crippen LogP contribution in [0.15, 0.2) is 12.1 Å². The van der Waals surface area contributed by atoms with Crippen LogP contribution in [0.4, 0.5) is 4.39 Å². The van der Waals surface area contributed by atoms with Crippen molar-refractivity contribution in [2.75, 3.05) is 0 Å². The molecule has 0 unspecified atom stereocenters. The molecular weight excluding hydrogens is 419 g/mol. The topological polar surface area (TPSA) is 9.23 Å². The molecule has 0 aliphatic heterocycles. The number of rotatable bonds is 11. The van der Waals surface area contributed by atoms with Crippen LogP contribution in [0.1, 0.15) is 129 Å². The van der Waals surface area contributed by atoms with Gasteiger partial charge in [-0.1, -0.05) is 77.0 Å². The van der Waals surface area contributed by atoms with Gasteiger partial charge in [-0.3, -0.25) is 0 Å². The largest absolute Gasteiger partial charge is 0.481 e. The fraction of sp³-hybridized carbons (Fsp3) is 0.759. The van der Waals surface area contributed by atoms with E-state index in [0.717, 1.165) is 61.5 Å². The zero-order chi connectivity index (χ0) is 22.9. The van der Waals surface area contributed by atoms with Crippen molar-refractivity contribution in [2.24, 2.45) is 17.8 Å². The lowest BCUT2D eigenvalue weighted by Gasteiger charge is -2.38. The van der Waals surface area contributed by atoms with Crippen LogP contribution in [-0.2, 0) is 0 Å². The van der Waals surface area contributed by atoms with E-state index in [9.17, 15) is 0 Å². The van der Waals surface area contributed by atoms with Gasteiger partial charge in [-0.05, 0) is 93.1 Å². The lowest BCUT2D eigenvalue weighted by atomic mass is 9.68. The highest BCUT2D eigenvalue weighted by Crippen LogP contribution is 2.46. The van der Waals surface area contributed by atoms with Gasteiger partial charge in [0.15, 0.2) is 0 Å².